The summed E-state index contributed by atoms with van der Waals surface area (Å²) in [4.78, 5) is 11.3. The van der Waals surface area contributed by atoms with Crippen LogP contribution in [0.25, 0.3) is 33.3 Å². The fourth-order valence-corrected chi connectivity index (χ4v) is 4.32. The number of nitrogens with zero attached hydrogens (tertiary/aromatic N) is 3. The summed E-state index contributed by atoms with van der Waals surface area (Å²) < 4.78 is 39.3. The third kappa shape index (κ3) is 4.85. The van der Waals surface area contributed by atoms with Crippen molar-refractivity contribution in [1.82, 2.24) is 20.2 Å². The second kappa shape index (κ2) is 8.63. The van der Waals surface area contributed by atoms with Gasteiger partial charge in [0.15, 0.2) is 11.6 Å². The molecule has 0 spiro atoms. The quantitative estimate of drug-likeness (QED) is 0.352. The van der Waals surface area contributed by atoms with Crippen molar-refractivity contribution in [2.45, 2.75) is 39.3 Å². The molecule has 3 aromatic heterocycles. The Balaban J connectivity index is 1.56. The zero-order chi connectivity index (χ0) is 22.0. The number of aryl methyl sites for hydroxylation is 2. The number of hydrogen-bond acceptors (Lipinski definition) is 4. The van der Waals surface area contributed by atoms with E-state index in [2.05, 4.69) is 39.2 Å². The van der Waals surface area contributed by atoms with Gasteiger partial charge < -0.3 is 0 Å². The minimum absolute atomic E-state index is 0.203. The van der Waals surface area contributed by atoms with Gasteiger partial charge in [0, 0.05) is 27.1 Å². The standard InChI is InChI=1S/C23H21F3N4S/c1-3-4-5-18-7-9-20(31-18)15-6-8-19(27-13-15)22-28-21(29-30-22)16-10-14(2)11-17(12-16)23(24,25)26/h6-13H,3-5H2,1-2H3,(H,28,29,30). The average molecular weight is 443 g/mol. The summed E-state index contributed by atoms with van der Waals surface area (Å²) in [6.07, 6.45) is 0.790. The van der Waals surface area contributed by atoms with Crippen molar-refractivity contribution in [3.63, 3.8) is 0 Å². The van der Waals surface area contributed by atoms with E-state index in [4.69, 9.17) is 0 Å². The molecule has 0 aliphatic carbocycles. The highest BCUT2D eigenvalue weighted by atomic mass is 32.1. The molecule has 0 saturated heterocycles. The highest BCUT2D eigenvalue weighted by Gasteiger charge is 2.31. The van der Waals surface area contributed by atoms with Crippen molar-refractivity contribution < 1.29 is 13.2 Å². The highest BCUT2D eigenvalue weighted by molar-refractivity contribution is 7.15. The molecule has 8 heteroatoms. The van der Waals surface area contributed by atoms with Crippen LogP contribution in [0.3, 0.4) is 0 Å². The van der Waals surface area contributed by atoms with Gasteiger partial charge in [-0.3, -0.25) is 10.1 Å². The number of nitrogens with one attached hydrogen (secondary N) is 1. The summed E-state index contributed by atoms with van der Waals surface area (Å²) in [6, 6.07) is 11.9. The maximum Gasteiger partial charge on any atom is 0.416 e. The summed E-state index contributed by atoms with van der Waals surface area (Å²) in [5.41, 5.74) is 1.68. The molecular formula is C23H21F3N4S. The van der Waals surface area contributed by atoms with Crippen molar-refractivity contribution in [2.24, 2.45) is 0 Å². The van der Waals surface area contributed by atoms with Crippen LogP contribution in [0.4, 0.5) is 13.2 Å². The number of aromatic amines is 1. The third-order valence-electron chi connectivity index (χ3n) is 4.88. The van der Waals surface area contributed by atoms with E-state index in [1.165, 1.54) is 17.7 Å². The highest BCUT2D eigenvalue weighted by Crippen LogP contribution is 2.33. The molecule has 0 fully saturated rings. The predicted octanol–water partition coefficient (Wildman–Crippen LogP) is 6.93. The number of rotatable bonds is 6. The molecular weight excluding hydrogens is 421 g/mol. The number of benzene rings is 1. The molecule has 4 nitrogen and oxygen atoms in total. The maximum atomic E-state index is 13.1. The molecule has 0 amide bonds. The molecule has 0 aliphatic rings. The molecule has 4 rings (SSSR count). The van der Waals surface area contributed by atoms with E-state index in [-0.39, 0.29) is 5.82 Å². The smallest absolute Gasteiger partial charge is 0.257 e. The van der Waals surface area contributed by atoms with Gasteiger partial charge in [-0.15, -0.1) is 11.3 Å². The number of halogens is 3. The Kier molecular flexibility index (Phi) is 5.91. The van der Waals surface area contributed by atoms with Crippen molar-refractivity contribution >= 4 is 11.3 Å². The van der Waals surface area contributed by atoms with Gasteiger partial charge in [-0.25, -0.2) is 4.98 Å². The van der Waals surface area contributed by atoms with E-state index in [0.29, 0.717) is 22.6 Å². The Morgan fingerprint density at radius 1 is 1.03 bits per heavy atom. The summed E-state index contributed by atoms with van der Waals surface area (Å²) in [5, 5.41) is 6.88. The first-order chi connectivity index (χ1) is 14.8. The summed E-state index contributed by atoms with van der Waals surface area (Å²) in [5.74, 6) is 0.611. The first kappa shape index (κ1) is 21.2. The first-order valence-corrected chi connectivity index (χ1v) is 10.8. The molecule has 0 radical (unpaired) electrons. The Hall–Kier alpha value is -3.00. The van der Waals surface area contributed by atoms with Crippen molar-refractivity contribution in [3.05, 3.63) is 64.7 Å². The molecule has 3 heterocycles. The largest absolute Gasteiger partial charge is 0.416 e. The second-order valence-electron chi connectivity index (χ2n) is 7.39. The Bertz CT molecular complexity index is 1180. The number of unbranched alkanes of at least 4 members (excludes halogenated alkanes) is 1. The van der Waals surface area contributed by atoms with Gasteiger partial charge in [0.1, 0.15) is 5.69 Å². The van der Waals surface area contributed by atoms with E-state index in [1.807, 2.05) is 12.1 Å². The van der Waals surface area contributed by atoms with Crippen LogP contribution in [0.5, 0.6) is 0 Å². The lowest BCUT2D eigenvalue weighted by Gasteiger charge is -2.09. The molecule has 1 N–H and O–H groups in total. The van der Waals surface area contributed by atoms with Gasteiger partial charge in [-0.2, -0.15) is 18.3 Å². The Labute approximate surface area is 182 Å². The summed E-state index contributed by atoms with van der Waals surface area (Å²) in [6.45, 7) is 3.80. The molecule has 1 aromatic carbocycles. The van der Waals surface area contributed by atoms with Crippen LogP contribution in [0.15, 0.2) is 48.7 Å². The van der Waals surface area contributed by atoms with Crippen LogP contribution < -0.4 is 0 Å². The molecule has 31 heavy (non-hydrogen) atoms. The molecule has 0 bridgehead atoms. The van der Waals surface area contributed by atoms with Gasteiger partial charge in [-0.1, -0.05) is 13.3 Å². The lowest BCUT2D eigenvalue weighted by Crippen LogP contribution is -2.05. The van der Waals surface area contributed by atoms with Crippen LogP contribution >= 0.6 is 11.3 Å². The van der Waals surface area contributed by atoms with Gasteiger partial charge >= 0.3 is 6.18 Å². The van der Waals surface area contributed by atoms with Crippen LogP contribution in [0, 0.1) is 6.92 Å². The number of hydrogen-bond donors (Lipinski definition) is 1. The molecule has 0 aliphatic heterocycles. The van der Waals surface area contributed by atoms with Gasteiger partial charge in [0.05, 0.1) is 5.56 Å². The van der Waals surface area contributed by atoms with Crippen molar-refractivity contribution in [3.8, 4) is 33.3 Å². The number of alkyl halides is 3. The Morgan fingerprint density at radius 2 is 1.87 bits per heavy atom. The van der Waals surface area contributed by atoms with Crippen LogP contribution in [0.2, 0.25) is 0 Å². The zero-order valence-electron chi connectivity index (χ0n) is 17.1. The summed E-state index contributed by atoms with van der Waals surface area (Å²) >= 11 is 1.77. The lowest BCUT2D eigenvalue weighted by molar-refractivity contribution is -0.137. The maximum absolute atomic E-state index is 13.1. The average Bonchev–Trinajstić information content (AvgIpc) is 3.41. The number of aromatic nitrogens is 4. The van der Waals surface area contributed by atoms with E-state index >= 15 is 0 Å². The van der Waals surface area contributed by atoms with E-state index in [0.717, 1.165) is 29.0 Å². The normalized spacial score (nSPS) is 11.8. The number of pyridine rings is 1. The van der Waals surface area contributed by atoms with E-state index in [1.54, 1.807) is 30.5 Å². The number of thiophene rings is 1. The van der Waals surface area contributed by atoms with Crippen LogP contribution in [-0.2, 0) is 12.6 Å². The third-order valence-corrected chi connectivity index (χ3v) is 6.07. The minimum atomic E-state index is -4.42. The van der Waals surface area contributed by atoms with Crippen LogP contribution in [-0.4, -0.2) is 20.2 Å². The topological polar surface area (TPSA) is 54.5 Å². The monoisotopic (exact) mass is 442 g/mol. The number of H-pyrrole nitrogens is 1. The molecule has 0 saturated carbocycles. The SMILES string of the molecule is CCCCc1ccc(-c2ccc(-c3nc(-c4cc(C)cc(C(F)(F)F)c4)n[nH]3)nc2)s1. The molecule has 4 aromatic rings. The van der Waals surface area contributed by atoms with Crippen molar-refractivity contribution in [2.75, 3.05) is 0 Å². The molecule has 0 atom stereocenters. The summed E-state index contributed by atoms with van der Waals surface area (Å²) in [7, 11) is 0. The van der Waals surface area contributed by atoms with Crippen LogP contribution in [0.1, 0.15) is 35.8 Å². The van der Waals surface area contributed by atoms with E-state index < -0.39 is 11.7 Å². The van der Waals surface area contributed by atoms with Gasteiger partial charge in [0.25, 0.3) is 0 Å². The zero-order valence-corrected chi connectivity index (χ0v) is 17.9. The van der Waals surface area contributed by atoms with Crippen molar-refractivity contribution in [1.29, 1.82) is 0 Å². The molecule has 160 valence electrons. The van der Waals surface area contributed by atoms with Gasteiger partial charge in [0.2, 0.25) is 0 Å². The lowest BCUT2D eigenvalue weighted by atomic mass is 10.1. The van der Waals surface area contributed by atoms with E-state index in [9.17, 15) is 13.2 Å². The molecule has 0 unspecified atom stereocenters. The fraction of sp³-hybridized carbons (Fsp3) is 0.261. The first-order valence-electron chi connectivity index (χ1n) is 10.0. The van der Waals surface area contributed by atoms with Gasteiger partial charge in [-0.05, 0) is 67.8 Å². The predicted molar refractivity (Wildman–Crippen MR) is 117 cm³/mol. The minimum Gasteiger partial charge on any atom is -0.257 e. The fourth-order valence-electron chi connectivity index (χ4n) is 3.28. The Morgan fingerprint density at radius 3 is 2.58 bits per heavy atom. The second-order valence-corrected chi connectivity index (χ2v) is 8.56.